The van der Waals surface area contributed by atoms with Gasteiger partial charge in [-0.2, -0.15) is 0 Å². The Balaban J connectivity index is 2.01. The summed E-state index contributed by atoms with van der Waals surface area (Å²) in [6, 6.07) is 6.77. The van der Waals surface area contributed by atoms with Crippen molar-refractivity contribution in [3.05, 3.63) is 29.8 Å². The third-order valence-electron chi connectivity index (χ3n) is 3.81. The van der Waals surface area contributed by atoms with Crippen molar-refractivity contribution in [3.8, 4) is 0 Å². The van der Waals surface area contributed by atoms with E-state index in [9.17, 15) is 13.8 Å². The normalized spacial score (nSPS) is 19.2. The van der Waals surface area contributed by atoms with Crippen molar-refractivity contribution in [1.82, 2.24) is 4.90 Å². The van der Waals surface area contributed by atoms with Gasteiger partial charge in [0.1, 0.15) is 5.60 Å². The molecule has 1 heterocycles. The number of aryl methyl sites for hydroxylation is 1. The van der Waals surface area contributed by atoms with Crippen molar-refractivity contribution in [2.75, 3.05) is 12.3 Å². The summed E-state index contributed by atoms with van der Waals surface area (Å²) < 4.78 is 17.7. The van der Waals surface area contributed by atoms with Crippen LogP contribution in [-0.2, 0) is 20.3 Å². The van der Waals surface area contributed by atoms with E-state index >= 15 is 0 Å². The molecule has 0 aromatic heterocycles. The van der Waals surface area contributed by atoms with E-state index in [1.807, 2.05) is 19.1 Å². The van der Waals surface area contributed by atoms with Gasteiger partial charge < -0.3 is 4.74 Å². The molecule has 1 saturated heterocycles. The number of ether oxygens (including phenoxy) is 1. The first-order valence-corrected chi connectivity index (χ1v) is 9.46. The molecule has 0 spiro atoms. The predicted molar refractivity (Wildman–Crippen MR) is 93.4 cm³/mol. The maximum atomic E-state index is 12.5. The highest BCUT2D eigenvalue weighted by atomic mass is 32.2. The van der Waals surface area contributed by atoms with E-state index in [1.165, 1.54) is 4.90 Å². The van der Waals surface area contributed by atoms with Crippen molar-refractivity contribution in [3.63, 3.8) is 0 Å². The molecule has 24 heavy (non-hydrogen) atoms. The largest absolute Gasteiger partial charge is 0.444 e. The zero-order chi connectivity index (χ0) is 17.9. The Kier molecular flexibility index (Phi) is 5.80. The Hall–Kier alpha value is -1.69. The lowest BCUT2D eigenvalue weighted by atomic mass is 10.1. The number of amides is 1. The molecule has 1 aliphatic heterocycles. The standard InChI is InChI=1S/C18H25NO4S/c1-13-7-9-14(10-8-13)24(22)12-16(20)15-6-5-11-19(15)17(21)23-18(2,3)4/h7-10,15H,5-6,11-12H2,1-4H3/t15-,24?/m0/s1. The second-order valence-corrected chi connectivity index (χ2v) is 8.55. The molecule has 5 nitrogen and oxygen atoms in total. The zero-order valence-electron chi connectivity index (χ0n) is 14.7. The van der Waals surface area contributed by atoms with Gasteiger partial charge >= 0.3 is 6.09 Å². The number of hydrogen-bond acceptors (Lipinski definition) is 4. The van der Waals surface area contributed by atoms with Crippen LogP contribution in [0.15, 0.2) is 29.2 Å². The van der Waals surface area contributed by atoms with Gasteiger partial charge in [0, 0.05) is 11.4 Å². The van der Waals surface area contributed by atoms with Crippen LogP contribution in [-0.4, -0.2) is 44.9 Å². The molecule has 1 aromatic carbocycles. The van der Waals surface area contributed by atoms with E-state index < -0.39 is 28.5 Å². The Bertz CT molecular complexity index is 633. The Morgan fingerprint density at radius 3 is 2.46 bits per heavy atom. The molecule has 1 fully saturated rings. The van der Waals surface area contributed by atoms with Gasteiger partial charge in [-0.3, -0.25) is 13.9 Å². The summed E-state index contributed by atoms with van der Waals surface area (Å²) in [5.41, 5.74) is 0.479. The molecule has 2 rings (SSSR count). The lowest BCUT2D eigenvalue weighted by Crippen LogP contribution is -2.44. The molecule has 0 aliphatic carbocycles. The van der Waals surface area contributed by atoms with Gasteiger partial charge in [-0.15, -0.1) is 0 Å². The van der Waals surface area contributed by atoms with E-state index in [2.05, 4.69) is 0 Å². The van der Waals surface area contributed by atoms with Crippen LogP contribution in [0.4, 0.5) is 4.79 Å². The number of carbonyl (C=O) groups excluding carboxylic acids is 2. The molecular weight excluding hydrogens is 326 g/mol. The average molecular weight is 351 g/mol. The molecule has 1 unspecified atom stereocenters. The Labute approximate surface area is 145 Å². The molecule has 0 bridgehead atoms. The van der Waals surface area contributed by atoms with Gasteiger partial charge in [0.25, 0.3) is 0 Å². The second-order valence-electron chi connectivity index (χ2n) is 7.10. The number of nitrogens with zero attached hydrogens (tertiary/aromatic N) is 1. The summed E-state index contributed by atoms with van der Waals surface area (Å²) in [5.74, 6) is -0.246. The zero-order valence-corrected chi connectivity index (χ0v) is 15.5. The van der Waals surface area contributed by atoms with Crippen LogP contribution in [0.1, 0.15) is 39.2 Å². The van der Waals surface area contributed by atoms with Gasteiger partial charge in [-0.1, -0.05) is 17.7 Å². The lowest BCUT2D eigenvalue weighted by Gasteiger charge is -2.27. The first-order chi connectivity index (χ1) is 11.2. The molecule has 1 aliphatic rings. The number of Topliss-reactive ketones (excluding diaryl/α,β-unsaturated/α-hetero) is 1. The molecule has 6 heteroatoms. The topological polar surface area (TPSA) is 63.7 Å². The summed E-state index contributed by atoms with van der Waals surface area (Å²) in [5, 5.41) is 0. The van der Waals surface area contributed by atoms with Crippen LogP contribution in [0.2, 0.25) is 0 Å². The van der Waals surface area contributed by atoms with Crippen molar-refractivity contribution < 1.29 is 18.5 Å². The van der Waals surface area contributed by atoms with Crippen molar-refractivity contribution in [1.29, 1.82) is 0 Å². The summed E-state index contributed by atoms with van der Waals surface area (Å²) in [4.78, 5) is 26.9. The minimum atomic E-state index is -1.39. The van der Waals surface area contributed by atoms with Crippen LogP contribution >= 0.6 is 0 Å². The molecule has 0 saturated carbocycles. The van der Waals surface area contributed by atoms with Crippen molar-refractivity contribution in [2.45, 2.75) is 57.1 Å². The fraction of sp³-hybridized carbons (Fsp3) is 0.556. The highest BCUT2D eigenvalue weighted by molar-refractivity contribution is 7.85. The Morgan fingerprint density at radius 1 is 1.25 bits per heavy atom. The predicted octanol–water partition coefficient (Wildman–Crippen LogP) is 3.07. The number of likely N-dealkylation sites (tertiary alicyclic amines) is 1. The number of carbonyl (C=O) groups is 2. The summed E-state index contributed by atoms with van der Waals surface area (Å²) in [6.07, 6.45) is 0.884. The molecule has 0 radical (unpaired) electrons. The summed E-state index contributed by atoms with van der Waals surface area (Å²) in [7, 11) is -1.39. The maximum absolute atomic E-state index is 12.5. The molecular formula is C18H25NO4S. The van der Waals surface area contributed by atoms with Gasteiger partial charge in [0.2, 0.25) is 0 Å². The monoisotopic (exact) mass is 351 g/mol. The molecule has 132 valence electrons. The van der Waals surface area contributed by atoms with Crippen LogP contribution in [0, 0.1) is 6.92 Å². The summed E-state index contributed by atoms with van der Waals surface area (Å²) in [6.45, 7) is 7.84. The fourth-order valence-electron chi connectivity index (χ4n) is 2.64. The minimum absolute atomic E-state index is 0.0764. The van der Waals surface area contributed by atoms with Gasteiger partial charge in [-0.25, -0.2) is 4.79 Å². The third-order valence-corrected chi connectivity index (χ3v) is 5.15. The molecule has 1 aromatic rings. The average Bonchev–Trinajstić information content (AvgIpc) is 2.95. The summed E-state index contributed by atoms with van der Waals surface area (Å²) >= 11 is 0. The van der Waals surface area contributed by atoms with E-state index in [0.29, 0.717) is 17.9 Å². The highest BCUT2D eigenvalue weighted by Crippen LogP contribution is 2.22. The minimum Gasteiger partial charge on any atom is -0.444 e. The van der Waals surface area contributed by atoms with Crippen LogP contribution in [0.5, 0.6) is 0 Å². The molecule has 1 amide bonds. The van der Waals surface area contributed by atoms with Gasteiger partial charge in [0.15, 0.2) is 5.78 Å². The highest BCUT2D eigenvalue weighted by Gasteiger charge is 2.36. The van der Waals surface area contributed by atoms with Crippen LogP contribution < -0.4 is 0 Å². The van der Waals surface area contributed by atoms with Gasteiger partial charge in [-0.05, 0) is 52.7 Å². The SMILES string of the molecule is Cc1ccc(S(=O)CC(=O)[C@@H]2CCCN2C(=O)OC(C)(C)C)cc1. The Morgan fingerprint density at radius 2 is 1.88 bits per heavy atom. The van der Waals surface area contributed by atoms with E-state index in [0.717, 1.165) is 12.0 Å². The molecule has 2 atom stereocenters. The first kappa shape index (κ1) is 18.6. The van der Waals surface area contributed by atoms with Crippen molar-refractivity contribution in [2.24, 2.45) is 0 Å². The number of hydrogen-bond donors (Lipinski definition) is 0. The number of rotatable bonds is 4. The maximum Gasteiger partial charge on any atom is 0.410 e. The van der Waals surface area contributed by atoms with Gasteiger partial charge in [0.05, 0.1) is 22.6 Å². The second kappa shape index (κ2) is 7.47. The smallest absolute Gasteiger partial charge is 0.410 e. The third kappa shape index (κ3) is 4.90. The lowest BCUT2D eigenvalue weighted by molar-refractivity contribution is -0.120. The quantitative estimate of drug-likeness (QED) is 0.836. The van der Waals surface area contributed by atoms with E-state index in [1.54, 1.807) is 32.9 Å². The van der Waals surface area contributed by atoms with E-state index in [-0.39, 0.29) is 11.5 Å². The van der Waals surface area contributed by atoms with Crippen LogP contribution in [0.25, 0.3) is 0 Å². The van der Waals surface area contributed by atoms with E-state index in [4.69, 9.17) is 4.74 Å². The fourth-order valence-corrected chi connectivity index (χ4v) is 3.70. The number of benzene rings is 1. The first-order valence-electron chi connectivity index (χ1n) is 8.15. The van der Waals surface area contributed by atoms with Crippen LogP contribution in [0.3, 0.4) is 0 Å². The van der Waals surface area contributed by atoms with Crippen molar-refractivity contribution >= 4 is 22.7 Å². The molecule has 0 N–H and O–H groups in total. The number of ketones is 1.